The quantitative estimate of drug-likeness (QED) is 0.477. The third-order valence-corrected chi connectivity index (χ3v) is 6.62. The van der Waals surface area contributed by atoms with E-state index in [1.165, 1.54) is 12.5 Å². The lowest BCUT2D eigenvalue weighted by molar-refractivity contribution is 0.912. The van der Waals surface area contributed by atoms with E-state index in [1.807, 2.05) is 0 Å². The molecule has 0 heterocycles. The predicted molar refractivity (Wildman–Crippen MR) is 49.8 cm³/mol. The summed E-state index contributed by atoms with van der Waals surface area (Å²) in [7, 11) is -0.914. The topological polar surface area (TPSA) is 26.0 Å². The van der Waals surface area contributed by atoms with Gasteiger partial charge < -0.3 is 5.73 Å². The Hall–Kier alpha value is 0.527. The summed E-state index contributed by atoms with van der Waals surface area (Å²) < 4.78 is 0. The number of hydrogen-bond donors (Lipinski definition) is 2. The van der Waals surface area contributed by atoms with Crippen LogP contribution in [-0.4, -0.2) is 20.0 Å². The first-order valence-corrected chi connectivity index (χ1v) is 7.48. The molecular formula is C6H17NSSi. The zero-order chi connectivity index (χ0) is 7.33. The zero-order valence-corrected chi connectivity index (χ0v) is 8.25. The van der Waals surface area contributed by atoms with Crippen molar-refractivity contribution in [3.63, 3.8) is 0 Å². The molecule has 0 unspecified atom stereocenters. The minimum atomic E-state index is -0.914. The summed E-state index contributed by atoms with van der Waals surface area (Å²) in [6, 6.07) is 1.33. The van der Waals surface area contributed by atoms with Crippen molar-refractivity contribution in [3.8, 4) is 0 Å². The van der Waals surface area contributed by atoms with Gasteiger partial charge in [0, 0.05) is 0 Å². The van der Waals surface area contributed by atoms with E-state index in [9.17, 15) is 0 Å². The first kappa shape index (κ1) is 9.53. The molecule has 0 radical (unpaired) electrons. The van der Waals surface area contributed by atoms with Gasteiger partial charge in [-0.25, -0.2) is 0 Å². The van der Waals surface area contributed by atoms with Crippen LogP contribution in [0.2, 0.25) is 19.1 Å². The lowest BCUT2D eigenvalue weighted by Crippen LogP contribution is -2.28. The van der Waals surface area contributed by atoms with Crippen LogP contribution in [0.1, 0.15) is 6.42 Å². The van der Waals surface area contributed by atoms with Crippen LogP contribution in [-0.2, 0) is 0 Å². The van der Waals surface area contributed by atoms with Crippen molar-refractivity contribution >= 4 is 20.7 Å². The molecule has 0 aliphatic heterocycles. The Morgan fingerprint density at radius 3 is 2.33 bits per heavy atom. The van der Waals surface area contributed by atoms with Gasteiger partial charge in [-0.05, 0) is 18.3 Å². The van der Waals surface area contributed by atoms with Crippen molar-refractivity contribution in [3.05, 3.63) is 0 Å². The second kappa shape index (κ2) is 4.36. The Morgan fingerprint density at radius 1 is 1.44 bits per heavy atom. The maximum atomic E-state index is 5.39. The summed E-state index contributed by atoms with van der Waals surface area (Å²) in [5, 5.41) is 1.09. The van der Waals surface area contributed by atoms with Crippen LogP contribution in [0.5, 0.6) is 0 Å². The normalized spacial score (nSPS) is 12.0. The Bertz CT molecular complexity index is 75.5. The van der Waals surface area contributed by atoms with E-state index in [4.69, 9.17) is 5.73 Å². The Kier molecular flexibility index (Phi) is 4.61. The van der Waals surface area contributed by atoms with Crippen molar-refractivity contribution in [1.82, 2.24) is 0 Å². The third kappa shape index (κ3) is 5.00. The zero-order valence-electron chi connectivity index (χ0n) is 6.35. The second-order valence-corrected chi connectivity index (χ2v) is 9.31. The SMILES string of the molecule is C[Si](C)(CS)CCCN. The Labute approximate surface area is 64.4 Å². The van der Waals surface area contributed by atoms with Crippen LogP contribution in [0.15, 0.2) is 0 Å². The van der Waals surface area contributed by atoms with Crippen LogP contribution in [0.3, 0.4) is 0 Å². The van der Waals surface area contributed by atoms with Crippen LogP contribution in [0.4, 0.5) is 0 Å². The summed E-state index contributed by atoms with van der Waals surface area (Å²) >= 11 is 4.29. The summed E-state index contributed by atoms with van der Waals surface area (Å²) in [6.45, 7) is 5.55. The smallest absolute Gasteiger partial charge is 0.0575 e. The monoisotopic (exact) mass is 163 g/mol. The van der Waals surface area contributed by atoms with Gasteiger partial charge in [-0.1, -0.05) is 19.1 Å². The second-order valence-electron chi connectivity index (χ2n) is 3.21. The highest BCUT2D eigenvalue weighted by molar-refractivity contribution is 7.82. The molecule has 2 N–H and O–H groups in total. The van der Waals surface area contributed by atoms with Crippen LogP contribution in [0.25, 0.3) is 0 Å². The molecule has 0 aromatic rings. The average molecular weight is 163 g/mol. The maximum Gasteiger partial charge on any atom is 0.0575 e. The molecule has 0 saturated carbocycles. The molecule has 0 rings (SSSR count). The fourth-order valence-electron chi connectivity index (χ4n) is 0.660. The highest BCUT2D eigenvalue weighted by Crippen LogP contribution is 2.12. The van der Waals surface area contributed by atoms with E-state index in [0.29, 0.717) is 0 Å². The van der Waals surface area contributed by atoms with Crippen molar-refractivity contribution in [2.75, 3.05) is 11.9 Å². The molecule has 0 aromatic heterocycles. The largest absolute Gasteiger partial charge is 0.330 e. The number of nitrogens with two attached hydrogens (primary N) is 1. The summed E-state index contributed by atoms with van der Waals surface area (Å²) in [5.41, 5.74) is 5.39. The van der Waals surface area contributed by atoms with E-state index < -0.39 is 8.07 Å². The minimum Gasteiger partial charge on any atom is -0.330 e. The fraction of sp³-hybridized carbons (Fsp3) is 1.00. The van der Waals surface area contributed by atoms with Crippen molar-refractivity contribution in [2.45, 2.75) is 25.6 Å². The van der Waals surface area contributed by atoms with Gasteiger partial charge >= 0.3 is 0 Å². The summed E-state index contributed by atoms with van der Waals surface area (Å²) in [5.74, 6) is 0. The molecule has 56 valence electrons. The van der Waals surface area contributed by atoms with Crippen molar-refractivity contribution in [1.29, 1.82) is 0 Å². The van der Waals surface area contributed by atoms with E-state index in [0.717, 1.165) is 11.9 Å². The van der Waals surface area contributed by atoms with E-state index >= 15 is 0 Å². The predicted octanol–water partition coefficient (Wildman–Crippen LogP) is 1.51. The van der Waals surface area contributed by atoms with Gasteiger partial charge in [0.2, 0.25) is 0 Å². The van der Waals surface area contributed by atoms with Gasteiger partial charge in [-0.2, -0.15) is 12.6 Å². The molecule has 0 bridgehead atoms. The van der Waals surface area contributed by atoms with Crippen LogP contribution in [0, 0.1) is 0 Å². The van der Waals surface area contributed by atoms with E-state index in [1.54, 1.807) is 0 Å². The summed E-state index contributed by atoms with van der Waals surface area (Å²) in [6.07, 6.45) is 1.18. The molecule has 0 saturated heterocycles. The van der Waals surface area contributed by atoms with E-state index in [2.05, 4.69) is 25.7 Å². The van der Waals surface area contributed by atoms with Crippen LogP contribution < -0.4 is 5.73 Å². The molecule has 0 amide bonds. The maximum absolute atomic E-state index is 5.39. The van der Waals surface area contributed by atoms with E-state index in [-0.39, 0.29) is 0 Å². The first-order chi connectivity index (χ1) is 4.12. The number of hydrogen-bond acceptors (Lipinski definition) is 2. The lowest BCUT2D eigenvalue weighted by Gasteiger charge is -2.18. The van der Waals surface area contributed by atoms with Gasteiger partial charge in [0.1, 0.15) is 0 Å². The molecule has 9 heavy (non-hydrogen) atoms. The van der Waals surface area contributed by atoms with Crippen molar-refractivity contribution < 1.29 is 0 Å². The molecule has 0 aliphatic rings. The number of thiol groups is 1. The molecule has 0 fully saturated rings. The molecular weight excluding hydrogens is 146 g/mol. The average Bonchev–Trinajstić information content (AvgIpc) is 1.84. The molecule has 3 heteroatoms. The van der Waals surface area contributed by atoms with Gasteiger partial charge in [-0.3, -0.25) is 0 Å². The van der Waals surface area contributed by atoms with Crippen molar-refractivity contribution in [2.24, 2.45) is 5.73 Å². The standard InChI is InChI=1S/C6H17NSSi/c1-9(2,6-8)5-3-4-7/h8H,3-7H2,1-2H3. The molecule has 0 aliphatic carbocycles. The third-order valence-electron chi connectivity index (χ3n) is 1.49. The minimum absolute atomic E-state index is 0.838. The highest BCUT2D eigenvalue weighted by atomic mass is 32.1. The Morgan fingerprint density at radius 2 is 2.00 bits per heavy atom. The fourth-order valence-corrected chi connectivity index (χ4v) is 2.45. The highest BCUT2D eigenvalue weighted by Gasteiger charge is 2.16. The Balaban J connectivity index is 3.33. The van der Waals surface area contributed by atoms with Gasteiger partial charge in [0.15, 0.2) is 0 Å². The molecule has 0 aromatic carbocycles. The van der Waals surface area contributed by atoms with Gasteiger partial charge in [-0.15, -0.1) is 0 Å². The first-order valence-electron chi connectivity index (χ1n) is 3.43. The van der Waals surface area contributed by atoms with Gasteiger partial charge in [0.25, 0.3) is 0 Å². The molecule has 0 atom stereocenters. The number of rotatable bonds is 4. The van der Waals surface area contributed by atoms with Gasteiger partial charge in [0.05, 0.1) is 8.07 Å². The molecule has 1 nitrogen and oxygen atoms in total. The molecule has 0 spiro atoms. The summed E-state index contributed by atoms with van der Waals surface area (Å²) in [4.78, 5) is 0. The lowest BCUT2D eigenvalue weighted by atomic mass is 10.5. The van der Waals surface area contributed by atoms with Crippen LogP contribution >= 0.6 is 12.6 Å².